The predicted molar refractivity (Wildman–Crippen MR) is 135 cm³/mol. The second-order valence-corrected chi connectivity index (χ2v) is 8.72. The van der Waals surface area contributed by atoms with E-state index in [9.17, 15) is 0 Å². The standard InChI is InChI=1S/C25H27ClN6O2/c1-15-20(26)12-19(16(2)31-25-22-24(28-13-27-22)29-14-30-25)23(33-3)21(15)17-4-6-18(7-5-17)32-8-10-34-11-9-32/h4-7,12-14,16H,8-11H2,1-3H3,(H2,27,28,29,30,31). The molecule has 4 aromatic rings. The molecule has 8 nitrogen and oxygen atoms in total. The summed E-state index contributed by atoms with van der Waals surface area (Å²) in [7, 11) is 1.70. The molecule has 1 aliphatic rings. The van der Waals surface area contributed by atoms with Gasteiger partial charge in [0.25, 0.3) is 0 Å². The number of H-pyrrole nitrogens is 1. The predicted octanol–water partition coefficient (Wildman–Crippen LogP) is 5.00. The number of hydrogen-bond acceptors (Lipinski definition) is 7. The van der Waals surface area contributed by atoms with Crippen molar-refractivity contribution in [1.82, 2.24) is 19.9 Å². The first-order valence-electron chi connectivity index (χ1n) is 11.3. The van der Waals surface area contributed by atoms with E-state index in [-0.39, 0.29) is 6.04 Å². The zero-order chi connectivity index (χ0) is 23.7. The number of aromatic nitrogens is 4. The van der Waals surface area contributed by atoms with Crippen LogP contribution in [0.15, 0.2) is 43.0 Å². The van der Waals surface area contributed by atoms with Crippen LogP contribution in [-0.4, -0.2) is 53.3 Å². The van der Waals surface area contributed by atoms with Gasteiger partial charge in [-0.05, 0) is 43.2 Å². The largest absolute Gasteiger partial charge is 0.496 e. The maximum absolute atomic E-state index is 6.73. The van der Waals surface area contributed by atoms with Crippen LogP contribution in [0.3, 0.4) is 0 Å². The van der Waals surface area contributed by atoms with Gasteiger partial charge in [0.05, 0.1) is 32.7 Å². The van der Waals surface area contributed by atoms with E-state index in [2.05, 4.69) is 61.3 Å². The summed E-state index contributed by atoms with van der Waals surface area (Å²) in [5, 5.41) is 4.13. The number of morpholine rings is 1. The molecule has 2 aromatic carbocycles. The minimum atomic E-state index is -0.144. The molecule has 1 aliphatic heterocycles. The Kier molecular flexibility index (Phi) is 6.26. The number of fused-ring (bicyclic) bond motifs is 1. The molecule has 0 amide bonds. The average Bonchev–Trinajstić information content (AvgIpc) is 3.36. The highest BCUT2D eigenvalue weighted by atomic mass is 35.5. The van der Waals surface area contributed by atoms with Gasteiger partial charge < -0.3 is 24.7 Å². The fraction of sp³-hybridized carbons (Fsp3) is 0.320. The van der Waals surface area contributed by atoms with Crippen LogP contribution >= 0.6 is 11.6 Å². The molecule has 0 aliphatic carbocycles. The number of aromatic amines is 1. The maximum Gasteiger partial charge on any atom is 0.162 e. The maximum atomic E-state index is 6.73. The van der Waals surface area contributed by atoms with E-state index in [1.165, 1.54) is 12.0 Å². The van der Waals surface area contributed by atoms with E-state index in [0.29, 0.717) is 22.0 Å². The number of nitrogens with zero attached hydrogens (tertiary/aromatic N) is 4. The average molecular weight is 479 g/mol. The van der Waals surface area contributed by atoms with Crippen molar-refractivity contribution in [3.05, 3.63) is 59.1 Å². The van der Waals surface area contributed by atoms with Crippen LogP contribution in [-0.2, 0) is 4.74 Å². The molecule has 2 N–H and O–H groups in total. The lowest BCUT2D eigenvalue weighted by atomic mass is 9.93. The van der Waals surface area contributed by atoms with Crippen molar-refractivity contribution in [2.75, 3.05) is 43.6 Å². The van der Waals surface area contributed by atoms with Gasteiger partial charge >= 0.3 is 0 Å². The summed E-state index contributed by atoms with van der Waals surface area (Å²) in [4.78, 5) is 18.3. The molecule has 9 heteroatoms. The van der Waals surface area contributed by atoms with Gasteiger partial charge in [-0.25, -0.2) is 15.0 Å². The molecule has 0 saturated carbocycles. The number of benzene rings is 2. The Morgan fingerprint density at radius 2 is 1.91 bits per heavy atom. The number of halogens is 1. The Labute approximate surface area is 203 Å². The number of ether oxygens (including phenoxy) is 2. The highest BCUT2D eigenvalue weighted by Gasteiger charge is 2.22. The fourth-order valence-electron chi connectivity index (χ4n) is 4.45. The summed E-state index contributed by atoms with van der Waals surface area (Å²) in [6.45, 7) is 7.39. The highest BCUT2D eigenvalue weighted by molar-refractivity contribution is 6.32. The molecular weight excluding hydrogens is 452 g/mol. The first-order valence-corrected chi connectivity index (χ1v) is 11.7. The third-order valence-corrected chi connectivity index (χ3v) is 6.67. The van der Waals surface area contributed by atoms with E-state index >= 15 is 0 Å². The zero-order valence-corrected chi connectivity index (χ0v) is 20.2. The van der Waals surface area contributed by atoms with Gasteiger partial charge in [-0.2, -0.15) is 0 Å². The van der Waals surface area contributed by atoms with Gasteiger partial charge in [-0.1, -0.05) is 23.7 Å². The molecule has 5 rings (SSSR count). The second kappa shape index (κ2) is 9.48. The van der Waals surface area contributed by atoms with Gasteiger partial charge in [0.15, 0.2) is 11.5 Å². The Morgan fingerprint density at radius 1 is 1.15 bits per heavy atom. The van der Waals surface area contributed by atoms with Gasteiger partial charge in [-0.15, -0.1) is 0 Å². The lowest BCUT2D eigenvalue weighted by Gasteiger charge is -2.29. The number of imidazole rings is 1. The van der Waals surface area contributed by atoms with Crippen molar-refractivity contribution >= 4 is 34.3 Å². The van der Waals surface area contributed by atoms with Crippen LogP contribution in [0.5, 0.6) is 5.75 Å². The summed E-state index contributed by atoms with van der Waals surface area (Å²) in [5.74, 6) is 1.43. The fourth-order valence-corrected chi connectivity index (χ4v) is 4.66. The summed E-state index contributed by atoms with van der Waals surface area (Å²) in [5.41, 5.74) is 6.51. The van der Waals surface area contributed by atoms with E-state index in [4.69, 9.17) is 21.1 Å². The number of methoxy groups -OCH3 is 1. The molecule has 0 bridgehead atoms. The van der Waals surface area contributed by atoms with Crippen molar-refractivity contribution < 1.29 is 9.47 Å². The third kappa shape index (κ3) is 4.15. The number of anilines is 2. The molecule has 0 spiro atoms. The van der Waals surface area contributed by atoms with Crippen molar-refractivity contribution in [2.45, 2.75) is 19.9 Å². The lowest BCUT2D eigenvalue weighted by molar-refractivity contribution is 0.122. The Hall–Kier alpha value is -3.36. The number of nitrogens with one attached hydrogen (secondary N) is 2. The van der Waals surface area contributed by atoms with Crippen molar-refractivity contribution in [3.8, 4) is 16.9 Å². The van der Waals surface area contributed by atoms with Gasteiger partial charge in [0.2, 0.25) is 0 Å². The van der Waals surface area contributed by atoms with Crippen LogP contribution < -0.4 is 15.0 Å². The monoisotopic (exact) mass is 478 g/mol. The van der Waals surface area contributed by atoms with Gasteiger partial charge in [0, 0.05) is 34.9 Å². The van der Waals surface area contributed by atoms with Gasteiger partial charge in [-0.3, -0.25) is 0 Å². The first-order chi connectivity index (χ1) is 16.6. The normalized spacial score (nSPS) is 14.9. The minimum absolute atomic E-state index is 0.144. The van der Waals surface area contributed by atoms with E-state index in [0.717, 1.165) is 54.3 Å². The van der Waals surface area contributed by atoms with Crippen LogP contribution in [0, 0.1) is 6.92 Å². The summed E-state index contributed by atoms with van der Waals surface area (Å²) in [6, 6.07) is 10.4. The Balaban J connectivity index is 1.51. The Morgan fingerprint density at radius 3 is 2.65 bits per heavy atom. The molecule has 1 saturated heterocycles. The van der Waals surface area contributed by atoms with Crippen LogP contribution in [0.2, 0.25) is 5.02 Å². The van der Waals surface area contributed by atoms with Gasteiger partial charge in [0.1, 0.15) is 17.6 Å². The van der Waals surface area contributed by atoms with Crippen LogP contribution in [0.25, 0.3) is 22.3 Å². The smallest absolute Gasteiger partial charge is 0.162 e. The second-order valence-electron chi connectivity index (χ2n) is 8.32. The SMILES string of the molecule is COc1c(C(C)Nc2ncnc3[nH]cnc23)cc(Cl)c(C)c1-c1ccc(N2CCOCC2)cc1. The lowest BCUT2D eigenvalue weighted by Crippen LogP contribution is -2.36. The molecule has 1 atom stereocenters. The van der Waals surface area contributed by atoms with Crippen molar-refractivity contribution in [2.24, 2.45) is 0 Å². The highest BCUT2D eigenvalue weighted by Crippen LogP contribution is 2.43. The molecule has 176 valence electrons. The minimum Gasteiger partial charge on any atom is -0.496 e. The van der Waals surface area contributed by atoms with Crippen LogP contribution in [0.4, 0.5) is 11.5 Å². The molecule has 2 aromatic heterocycles. The van der Waals surface area contributed by atoms with E-state index < -0.39 is 0 Å². The van der Waals surface area contributed by atoms with Crippen molar-refractivity contribution in [1.29, 1.82) is 0 Å². The topological polar surface area (TPSA) is 88.2 Å². The van der Waals surface area contributed by atoms with E-state index in [1.54, 1.807) is 13.4 Å². The molecule has 0 radical (unpaired) electrons. The summed E-state index contributed by atoms with van der Waals surface area (Å²) < 4.78 is 11.4. The molecule has 1 fully saturated rings. The van der Waals surface area contributed by atoms with E-state index in [1.807, 2.05) is 13.0 Å². The van der Waals surface area contributed by atoms with Crippen molar-refractivity contribution in [3.63, 3.8) is 0 Å². The third-order valence-electron chi connectivity index (χ3n) is 6.28. The number of hydrogen-bond donors (Lipinski definition) is 2. The summed E-state index contributed by atoms with van der Waals surface area (Å²) in [6.07, 6.45) is 3.12. The first kappa shape index (κ1) is 22.4. The molecular formula is C25H27ClN6O2. The molecule has 34 heavy (non-hydrogen) atoms. The summed E-state index contributed by atoms with van der Waals surface area (Å²) >= 11 is 6.73. The Bertz CT molecular complexity index is 1300. The molecule has 3 heterocycles. The molecule has 1 unspecified atom stereocenters. The number of rotatable bonds is 6. The van der Waals surface area contributed by atoms with Crippen LogP contribution in [0.1, 0.15) is 24.1 Å². The quantitative estimate of drug-likeness (QED) is 0.403. The zero-order valence-electron chi connectivity index (χ0n) is 19.4.